The van der Waals surface area contributed by atoms with Crippen LogP contribution in [0.15, 0.2) is 42.0 Å². The van der Waals surface area contributed by atoms with Crippen LogP contribution in [0.2, 0.25) is 0 Å². The van der Waals surface area contributed by atoms with E-state index < -0.39 is 17.8 Å². The van der Waals surface area contributed by atoms with Crippen LogP contribution in [0.1, 0.15) is 16.7 Å². The lowest BCUT2D eigenvalue weighted by molar-refractivity contribution is -0.134. The maximum Gasteiger partial charge on any atom is 0.333 e. The third kappa shape index (κ3) is 5.21. The minimum Gasteiger partial charge on any atom is -0.492 e. The molecule has 0 aromatic heterocycles. The maximum absolute atomic E-state index is 12.8. The van der Waals surface area contributed by atoms with Gasteiger partial charge in [0.25, 0.3) is 11.8 Å². The number of fused-ring (bicyclic) bond motifs is 1. The van der Waals surface area contributed by atoms with Crippen LogP contribution in [0.3, 0.4) is 0 Å². The van der Waals surface area contributed by atoms with E-state index >= 15 is 0 Å². The van der Waals surface area contributed by atoms with Crippen molar-refractivity contribution in [2.24, 2.45) is 0 Å². The van der Waals surface area contributed by atoms with Crippen LogP contribution in [-0.2, 0) is 22.6 Å². The highest BCUT2D eigenvalue weighted by atomic mass is 32.1. The van der Waals surface area contributed by atoms with Crippen LogP contribution in [0.4, 0.5) is 4.79 Å². The maximum atomic E-state index is 12.8. The van der Waals surface area contributed by atoms with Gasteiger partial charge >= 0.3 is 6.03 Å². The quantitative estimate of drug-likeness (QED) is 0.332. The number of nitrogens with zero attached hydrogens (tertiary/aromatic N) is 3. The zero-order valence-electron chi connectivity index (χ0n) is 21.1. The third-order valence-corrected chi connectivity index (χ3v) is 6.69. The molecule has 2 aliphatic rings. The fourth-order valence-electron chi connectivity index (χ4n) is 4.06. The number of carbonyl (C=O) groups is 3. The third-order valence-electron chi connectivity index (χ3n) is 6.23. The lowest BCUT2D eigenvalue weighted by Crippen LogP contribution is -2.52. The second-order valence-electron chi connectivity index (χ2n) is 8.60. The molecule has 0 atom stereocenters. The normalized spacial score (nSPS) is 14.7. The van der Waals surface area contributed by atoms with Gasteiger partial charge < -0.3 is 24.4 Å². The van der Waals surface area contributed by atoms with Gasteiger partial charge in [0.05, 0.1) is 7.11 Å². The van der Waals surface area contributed by atoms with Crippen molar-refractivity contribution in [1.82, 2.24) is 20.0 Å². The Kier molecular flexibility index (Phi) is 7.63. The SMILES string of the molecule is COc1c(C=C2C(=O)N(C)C(=O)N(C)C2=O)c(CCN(C)C(=S)NCc2ccccc2)cc2c1OCO2. The smallest absolute Gasteiger partial charge is 0.333 e. The molecule has 194 valence electrons. The molecule has 2 aromatic rings. The summed E-state index contributed by atoms with van der Waals surface area (Å²) in [6.45, 7) is 1.15. The molecule has 0 spiro atoms. The molecule has 1 N–H and O–H groups in total. The lowest BCUT2D eigenvalue weighted by Gasteiger charge is -2.29. The second-order valence-corrected chi connectivity index (χ2v) is 8.99. The number of imide groups is 2. The number of urea groups is 1. The molecular formula is C26H28N4O6S. The van der Waals surface area contributed by atoms with Crippen molar-refractivity contribution in [3.63, 3.8) is 0 Å². The molecule has 2 aliphatic heterocycles. The number of nitrogens with one attached hydrogen (secondary N) is 1. The molecule has 4 amide bonds. The highest BCUT2D eigenvalue weighted by Crippen LogP contribution is 2.46. The standard InChI is InChI=1S/C26H28N4O6S/c1-28(25(37)27-14-16-8-6-5-7-9-16)11-10-17-12-20-22(36-15-35-20)21(34-4)18(17)13-19-23(31)29(2)26(33)30(3)24(19)32/h5-9,12-13H,10-11,14-15H2,1-4H3,(H,27,37). The first-order valence-corrected chi connectivity index (χ1v) is 12.0. The van der Waals surface area contributed by atoms with E-state index in [2.05, 4.69) is 5.32 Å². The van der Waals surface area contributed by atoms with Gasteiger partial charge in [0.1, 0.15) is 5.57 Å². The van der Waals surface area contributed by atoms with Gasteiger partial charge in [0.2, 0.25) is 12.5 Å². The molecule has 11 heteroatoms. The van der Waals surface area contributed by atoms with Crippen LogP contribution in [0, 0.1) is 0 Å². The summed E-state index contributed by atoms with van der Waals surface area (Å²) in [6, 6.07) is 11.1. The summed E-state index contributed by atoms with van der Waals surface area (Å²) in [4.78, 5) is 41.6. The number of rotatable bonds is 7. The van der Waals surface area contributed by atoms with E-state index in [1.165, 1.54) is 27.3 Å². The summed E-state index contributed by atoms with van der Waals surface area (Å²) >= 11 is 5.55. The van der Waals surface area contributed by atoms with Gasteiger partial charge in [0.15, 0.2) is 16.6 Å². The summed E-state index contributed by atoms with van der Waals surface area (Å²) in [7, 11) is 6.02. The summed E-state index contributed by atoms with van der Waals surface area (Å²) in [5, 5.41) is 3.83. The Labute approximate surface area is 220 Å². The average Bonchev–Trinajstić information content (AvgIpc) is 3.38. The van der Waals surface area contributed by atoms with Crippen molar-refractivity contribution in [2.75, 3.05) is 41.6 Å². The van der Waals surface area contributed by atoms with Gasteiger partial charge in [0, 0.05) is 39.8 Å². The number of carbonyl (C=O) groups excluding carboxylic acids is 3. The van der Waals surface area contributed by atoms with E-state index in [0.717, 1.165) is 20.9 Å². The van der Waals surface area contributed by atoms with E-state index in [9.17, 15) is 14.4 Å². The van der Waals surface area contributed by atoms with Crippen molar-refractivity contribution < 1.29 is 28.6 Å². The van der Waals surface area contributed by atoms with Crippen LogP contribution >= 0.6 is 12.2 Å². The fraction of sp³-hybridized carbons (Fsp3) is 0.308. The predicted octanol–water partition coefficient (Wildman–Crippen LogP) is 2.41. The number of likely N-dealkylation sites (N-methyl/N-ethyl adjacent to an activating group) is 3. The summed E-state index contributed by atoms with van der Waals surface area (Å²) in [5.74, 6) is -0.149. The molecule has 0 unspecified atom stereocenters. The van der Waals surface area contributed by atoms with Crippen LogP contribution in [-0.4, -0.2) is 79.2 Å². The Hall–Kier alpha value is -4.12. The molecule has 1 saturated heterocycles. The molecule has 0 saturated carbocycles. The molecule has 2 heterocycles. The van der Waals surface area contributed by atoms with Crippen molar-refractivity contribution in [1.29, 1.82) is 0 Å². The highest BCUT2D eigenvalue weighted by Gasteiger charge is 2.38. The van der Waals surface area contributed by atoms with Crippen molar-refractivity contribution in [3.8, 4) is 17.2 Å². The molecular weight excluding hydrogens is 496 g/mol. The number of amides is 4. The zero-order chi connectivity index (χ0) is 26.7. The van der Waals surface area contributed by atoms with Gasteiger partial charge in [-0.25, -0.2) is 4.79 Å². The minimum atomic E-state index is -0.692. The van der Waals surface area contributed by atoms with E-state index in [-0.39, 0.29) is 12.4 Å². The number of thiocarbonyl (C=S) groups is 1. The average molecular weight is 525 g/mol. The van der Waals surface area contributed by atoms with E-state index in [1.54, 1.807) is 0 Å². The fourth-order valence-corrected chi connectivity index (χ4v) is 4.23. The van der Waals surface area contributed by atoms with Gasteiger partial charge in [-0.05, 0) is 41.9 Å². The molecule has 0 aliphatic carbocycles. The van der Waals surface area contributed by atoms with Gasteiger partial charge in [-0.1, -0.05) is 30.3 Å². The van der Waals surface area contributed by atoms with E-state index in [4.69, 9.17) is 26.4 Å². The van der Waals surface area contributed by atoms with Crippen LogP contribution in [0.5, 0.6) is 17.2 Å². The molecule has 0 radical (unpaired) electrons. The number of hydrogen-bond donors (Lipinski definition) is 1. The van der Waals surface area contributed by atoms with Gasteiger partial charge in [-0.15, -0.1) is 0 Å². The summed E-state index contributed by atoms with van der Waals surface area (Å²) in [6.07, 6.45) is 1.94. The Bertz CT molecular complexity index is 1250. The number of methoxy groups -OCH3 is 1. The Balaban J connectivity index is 1.61. The largest absolute Gasteiger partial charge is 0.492 e. The summed E-state index contributed by atoms with van der Waals surface area (Å²) in [5.41, 5.74) is 2.21. The van der Waals surface area contributed by atoms with E-state index in [1.807, 2.05) is 48.3 Å². The molecule has 10 nitrogen and oxygen atoms in total. The molecule has 2 aromatic carbocycles. The second kappa shape index (κ2) is 10.9. The minimum absolute atomic E-state index is 0.0242. The lowest BCUT2D eigenvalue weighted by atomic mass is 9.98. The van der Waals surface area contributed by atoms with Crippen molar-refractivity contribution >= 4 is 41.3 Å². The number of barbiturate groups is 1. The first-order valence-electron chi connectivity index (χ1n) is 11.6. The van der Waals surface area contributed by atoms with Crippen LogP contribution < -0.4 is 19.5 Å². The highest BCUT2D eigenvalue weighted by molar-refractivity contribution is 7.80. The Morgan fingerprint density at radius 3 is 2.46 bits per heavy atom. The number of benzene rings is 2. The van der Waals surface area contributed by atoms with Crippen LogP contribution in [0.25, 0.3) is 6.08 Å². The molecule has 0 bridgehead atoms. The van der Waals surface area contributed by atoms with Crippen molar-refractivity contribution in [3.05, 3.63) is 58.7 Å². The number of hydrogen-bond acceptors (Lipinski definition) is 7. The molecule has 1 fully saturated rings. The molecule has 4 rings (SSSR count). The first kappa shape index (κ1) is 26.0. The Morgan fingerprint density at radius 2 is 1.81 bits per heavy atom. The predicted molar refractivity (Wildman–Crippen MR) is 140 cm³/mol. The Morgan fingerprint density at radius 1 is 1.14 bits per heavy atom. The number of ether oxygens (including phenoxy) is 3. The molecule has 37 heavy (non-hydrogen) atoms. The van der Waals surface area contributed by atoms with Gasteiger partial charge in [-0.2, -0.15) is 0 Å². The topological polar surface area (TPSA) is 101 Å². The van der Waals surface area contributed by atoms with Gasteiger partial charge in [-0.3, -0.25) is 19.4 Å². The van der Waals surface area contributed by atoms with E-state index in [0.29, 0.717) is 47.4 Å². The monoisotopic (exact) mass is 524 g/mol. The summed E-state index contributed by atoms with van der Waals surface area (Å²) < 4.78 is 16.8. The first-order chi connectivity index (χ1) is 17.7. The zero-order valence-corrected chi connectivity index (χ0v) is 21.9. The van der Waals surface area contributed by atoms with Crippen molar-refractivity contribution in [2.45, 2.75) is 13.0 Å².